The van der Waals surface area contributed by atoms with E-state index in [0.717, 1.165) is 24.8 Å². The zero-order valence-electron chi connectivity index (χ0n) is 12.3. The van der Waals surface area contributed by atoms with E-state index < -0.39 is 12.1 Å². The second-order valence-electron chi connectivity index (χ2n) is 4.93. The van der Waals surface area contributed by atoms with E-state index in [4.69, 9.17) is 0 Å². The average Bonchev–Trinajstić information content (AvgIpc) is 2.43. The van der Waals surface area contributed by atoms with Gasteiger partial charge in [-0.3, -0.25) is 4.79 Å². The van der Waals surface area contributed by atoms with Crippen LogP contribution in [-0.4, -0.2) is 18.1 Å². The molecule has 0 saturated heterocycles. The highest BCUT2D eigenvalue weighted by molar-refractivity contribution is 5.94. The van der Waals surface area contributed by atoms with Crippen molar-refractivity contribution in [2.75, 3.05) is 5.32 Å². The third-order valence-electron chi connectivity index (χ3n) is 3.17. The number of carbonyl (C=O) groups is 1. The van der Waals surface area contributed by atoms with Crippen LogP contribution in [0.1, 0.15) is 38.7 Å². The quantitative estimate of drug-likeness (QED) is 0.803. The van der Waals surface area contributed by atoms with Crippen molar-refractivity contribution in [3.05, 3.63) is 29.8 Å². The molecule has 0 radical (unpaired) electrons. The minimum Gasteiger partial charge on any atom is -0.318 e. The van der Waals surface area contributed by atoms with Crippen molar-refractivity contribution in [3.8, 4) is 0 Å². The van der Waals surface area contributed by atoms with Crippen LogP contribution in [0.15, 0.2) is 24.3 Å². The highest BCUT2D eigenvalue weighted by Crippen LogP contribution is 2.19. The predicted octanol–water partition coefficient (Wildman–Crippen LogP) is 3.86. The van der Waals surface area contributed by atoms with Crippen LogP contribution in [-0.2, 0) is 11.3 Å². The molecule has 0 spiro atoms. The second kappa shape index (κ2) is 8.02. The van der Waals surface area contributed by atoms with Gasteiger partial charge in [0, 0.05) is 18.3 Å². The van der Waals surface area contributed by atoms with Crippen LogP contribution in [0.4, 0.5) is 18.9 Å². The lowest BCUT2D eigenvalue weighted by Gasteiger charge is -2.16. The van der Waals surface area contributed by atoms with Crippen molar-refractivity contribution >= 4 is 11.6 Å². The predicted molar refractivity (Wildman–Crippen MR) is 77.0 cm³/mol. The fraction of sp³-hybridized carbons (Fsp3) is 0.533. The fourth-order valence-electron chi connectivity index (χ4n) is 2.02. The van der Waals surface area contributed by atoms with Gasteiger partial charge in [0.15, 0.2) is 0 Å². The Morgan fingerprint density at radius 3 is 2.57 bits per heavy atom. The molecule has 1 unspecified atom stereocenters. The Hall–Kier alpha value is -1.56. The van der Waals surface area contributed by atoms with Crippen molar-refractivity contribution in [1.29, 1.82) is 0 Å². The standard InChI is InChI=1S/C15H21F3N2O/c1-3-6-12(4-2)19-10-11-7-5-8-13(9-11)20-14(21)15(16,17)18/h5,7-9,12,19H,3-4,6,10H2,1-2H3,(H,20,21). The van der Waals surface area contributed by atoms with E-state index in [1.54, 1.807) is 12.1 Å². The van der Waals surface area contributed by atoms with Crippen LogP contribution in [0, 0.1) is 0 Å². The molecule has 0 bridgehead atoms. The molecule has 0 aromatic heterocycles. The van der Waals surface area contributed by atoms with Crippen LogP contribution in [0.3, 0.4) is 0 Å². The molecule has 1 aromatic rings. The van der Waals surface area contributed by atoms with E-state index in [1.807, 2.05) is 11.4 Å². The second-order valence-corrected chi connectivity index (χ2v) is 4.93. The highest BCUT2D eigenvalue weighted by atomic mass is 19.4. The van der Waals surface area contributed by atoms with E-state index >= 15 is 0 Å². The fourth-order valence-corrected chi connectivity index (χ4v) is 2.02. The number of halogens is 3. The molecule has 0 saturated carbocycles. The number of carbonyl (C=O) groups excluding carboxylic acids is 1. The first-order chi connectivity index (χ1) is 9.86. The summed E-state index contributed by atoms with van der Waals surface area (Å²) in [4.78, 5) is 10.9. The maximum Gasteiger partial charge on any atom is 0.471 e. The van der Waals surface area contributed by atoms with Crippen molar-refractivity contribution in [2.45, 2.75) is 51.9 Å². The summed E-state index contributed by atoms with van der Waals surface area (Å²) in [6.45, 7) is 4.76. The Morgan fingerprint density at radius 1 is 1.29 bits per heavy atom. The van der Waals surface area contributed by atoms with Crippen LogP contribution in [0.25, 0.3) is 0 Å². The molecule has 1 amide bonds. The number of anilines is 1. The first kappa shape index (κ1) is 17.5. The monoisotopic (exact) mass is 302 g/mol. The molecule has 0 aliphatic heterocycles. The molecule has 3 nitrogen and oxygen atoms in total. The normalized spacial score (nSPS) is 13.0. The highest BCUT2D eigenvalue weighted by Gasteiger charge is 2.38. The van der Waals surface area contributed by atoms with Gasteiger partial charge in [-0.25, -0.2) is 0 Å². The average molecular weight is 302 g/mol. The zero-order valence-corrected chi connectivity index (χ0v) is 12.3. The van der Waals surface area contributed by atoms with E-state index in [1.165, 1.54) is 6.07 Å². The number of hydrogen-bond donors (Lipinski definition) is 2. The number of alkyl halides is 3. The molecule has 0 aliphatic carbocycles. The molecule has 0 fully saturated rings. The lowest BCUT2D eigenvalue weighted by Crippen LogP contribution is -2.30. The van der Waals surface area contributed by atoms with Crippen molar-refractivity contribution in [2.24, 2.45) is 0 Å². The Bertz CT molecular complexity index is 460. The molecule has 1 rings (SSSR count). The van der Waals surface area contributed by atoms with E-state index in [9.17, 15) is 18.0 Å². The number of hydrogen-bond acceptors (Lipinski definition) is 2. The van der Waals surface area contributed by atoms with E-state index in [-0.39, 0.29) is 5.69 Å². The molecule has 1 atom stereocenters. The van der Waals surface area contributed by atoms with Crippen LogP contribution in [0.5, 0.6) is 0 Å². The maximum absolute atomic E-state index is 12.2. The van der Waals surface area contributed by atoms with Crippen molar-refractivity contribution in [3.63, 3.8) is 0 Å². The van der Waals surface area contributed by atoms with Gasteiger partial charge in [0.2, 0.25) is 0 Å². The first-order valence-corrected chi connectivity index (χ1v) is 7.07. The summed E-state index contributed by atoms with van der Waals surface area (Å²) in [5.74, 6) is -1.95. The number of rotatable bonds is 7. The number of benzene rings is 1. The van der Waals surface area contributed by atoms with Crippen molar-refractivity contribution < 1.29 is 18.0 Å². The SMILES string of the molecule is CCCC(CC)NCc1cccc(NC(=O)C(F)(F)F)c1. The molecular formula is C15H21F3N2O. The first-order valence-electron chi connectivity index (χ1n) is 7.07. The molecule has 0 aliphatic rings. The van der Waals surface area contributed by atoms with Crippen LogP contribution >= 0.6 is 0 Å². The topological polar surface area (TPSA) is 41.1 Å². The molecule has 118 valence electrons. The summed E-state index contributed by atoms with van der Waals surface area (Å²) in [5.41, 5.74) is 0.990. The Balaban J connectivity index is 2.62. The molecule has 1 aromatic carbocycles. The zero-order chi connectivity index (χ0) is 15.9. The minimum atomic E-state index is -4.87. The van der Waals surface area contributed by atoms with Gasteiger partial charge in [0.1, 0.15) is 0 Å². The lowest BCUT2D eigenvalue weighted by molar-refractivity contribution is -0.167. The Kier molecular flexibility index (Phi) is 6.68. The summed E-state index contributed by atoms with van der Waals surface area (Å²) in [6.07, 6.45) is -1.74. The van der Waals surface area contributed by atoms with E-state index in [2.05, 4.69) is 19.2 Å². The van der Waals surface area contributed by atoms with Gasteiger partial charge < -0.3 is 10.6 Å². The molecule has 21 heavy (non-hydrogen) atoms. The van der Waals surface area contributed by atoms with E-state index in [0.29, 0.717) is 12.6 Å². The van der Waals surface area contributed by atoms with Gasteiger partial charge in [0.05, 0.1) is 0 Å². The summed E-state index contributed by atoms with van der Waals surface area (Å²) in [5, 5.41) is 5.22. The molecule has 2 N–H and O–H groups in total. The summed E-state index contributed by atoms with van der Waals surface area (Å²) < 4.78 is 36.6. The summed E-state index contributed by atoms with van der Waals surface area (Å²) in [7, 11) is 0. The van der Waals surface area contributed by atoms with Gasteiger partial charge in [-0.2, -0.15) is 13.2 Å². The molecule has 0 heterocycles. The van der Waals surface area contributed by atoms with Gasteiger partial charge in [-0.15, -0.1) is 0 Å². The molecular weight excluding hydrogens is 281 g/mol. The maximum atomic E-state index is 12.2. The van der Waals surface area contributed by atoms with Gasteiger partial charge in [-0.05, 0) is 30.5 Å². The third kappa shape index (κ3) is 6.16. The largest absolute Gasteiger partial charge is 0.471 e. The smallest absolute Gasteiger partial charge is 0.318 e. The van der Waals surface area contributed by atoms with Gasteiger partial charge in [0.25, 0.3) is 0 Å². The van der Waals surface area contributed by atoms with Crippen molar-refractivity contribution in [1.82, 2.24) is 5.32 Å². The number of nitrogens with one attached hydrogen (secondary N) is 2. The molecule has 6 heteroatoms. The number of amides is 1. The van der Waals surface area contributed by atoms with Gasteiger partial charge in [-0.1, -0.05) is 32.4 Å². The third-order valence-corrected chi connectivity index (χ3v) is 3.17. The Labute approximate surface area is 122 Å². The van der Waals surface area contributed by atoms with Crippen LogP contribution < -0.4 is 10.6 Å². The Morgan fingerprint density at radius 2 is 2.00 bits per heavy atom. The van der Waals surface area contributed by atoms with Gasteiger partial charge >= 0.3 is 12.1 Å². The van der Waals surface area contributed by atoms with Crippen LogP contribution in [0.2, 0.25) is 0 Å². The summed E-state index contributed by atoms with van der Waals surface area (Å²) >= 11 is 0. The summed E-state index contributed by atoms with van der Waals surface area (Å²) in [6, 6.07) is 6.83. The minimum absolute atomic E-state index is 0.153. The lowest BCUT2D eigenvalue weighted by atomic mass is 10.1.